The molecule has 16 heteroatoms. The Morgan fingerprint density at radius 1 is 1.20 bits per heavy atom. The van der Waals surface area contributed by atoms with E-state index in [1.807, 2.05) is 0 Å². The second kappa shape index (κ2) is 13.1. The summed E-state index contributed by atoms with van der Waals surface area (Å²) < 4.78 is 97.1. The Balaban J connectivity index is 1.69. The largest absolute Gasteiger partial charge is 0.431 e. The highest BCUT2D eigenvalue weighted by atomic mass is 19.4. The minimum absolute atomic E-state index is 0.0403. The van der Waals surface area contributed by atoms with Gasteiger partial charge in [0.1, 0.15) is 23.6 Å². The number of carbonyl (C=O) groups is 1. The minimum atomic E-state index is -4.76. The highest BCUT2D eigenvalue weighted by Gasteiger charge is 2.52. The summed E-state index contributed by atoms with van der Waals surface area (Å²) >= 11 is 0. The summed E-state index contributed by atoms with van der Waals surface area (Å²) in [6.07, 6.45) is -12.6. The van der Waals surface area contributed by atoms with E-state index in [1.165, 1.54) is 11.8 Å². The maximum atomic E-state index is 14.1. The van der Waals surface area contributed by atoms with Crippen molar-refractivity contribution >= 4 is 5.97 Å². The van der Waals surface area contributed by atoms with E-state index in [9.17, 15) is 41.4 Å². The Morgan fingerprint density at radius 3 is 2.50 bits per heavy atom. The lowest BCUT2D eigenvalue weighted by molar-refractivity contribution is -0.322. The van der Waals surface area contributed by atoms with Crippen LogP contribution >= 0.6 is 0 Å². The first-order valence-corrected chi connectivity index (χ1v) is 12.7. The summed E-state index contributed by atoms with van der Waals surface area (Å²) in [7, 11) is 0. The van der Waals surface area contributed by atoms with Crippen molar-refractivity contribution in [1.82, 2.24) is 15.1 Å². The van der Waals surface area contributed by atoms with Gasteiger partial charge in [-0.25, -0.2) is 18.0 Å². The highest BCUT2D eigenvalue weighted by Crippen LogP contribution is 2.35. The second-order valence-electron chi connectivity index (χ2n) is 9.99. The quantitative estimate of drug-likeness (QED) is 0.162. The number of rotatable bonds is 11. The van der Waals surface area contributed by atoms with Crippen LogP contribution in [0.5, 0.6) is 0 Å². The topological polar surface area (TPSA) is 130 Å². The summed E-state index contributed by atoms with van der Waals surface area (Å²) in [5.41, 5.74) is 5.27. The molecule has 0 bridgehead atoms. The molecule has 1 saturated heterocycles. The van der Waals surface area contributed by atoms with Gasteiger partial charge in [-0.05, 0) is 38.8 Å². The van der Waals surface area contributed by atoms with Crippen LogP contribution in [0.15, 0.2) is 34.7 Å². The zero-order valence-corrected chi connectivity index (χ0v) is 22.1. The third-order valence-electron chi connectivity index (χ3n) is 6.43. The van der Waals surface area contributed by atoms with Crippen LogP contribution in [0.1, 0.15) is 40.0 Å². The molecule has 5 N–H and O–H groups in total. The summed E-state index contributed by atoms with van der Waals surface area (Å²) in [4.78, 5) is 15.1. The van der Waals surface area contributed by atoms with Crippen molar-refractivity contribution in [2.45, 2.75) is 89.7 Å². The number of hydrogen-bond acceptors (Lipinski definition) is 10. The molecule has 6 atom stereocenters. The smallest absolute Gasteiger partial charge is 0.427 e. The standard InChI is InChI=1S/C24H34F6N4O6/c1-11(2)38-23(37)40-12(3)39-21(36)20-18-10-33(4-5-34(18)22(32-20)24(28,29)30)19(35)8-14(31)6-13-7-16(26)17(27)9-15(13)25/h7,11-12,14,17,19,22-23,32,35,37H,4-6,8-10,31H2,1-3H3. The van der Waals surface area contributed by atoms with Crippen molar-refractivity contribution in [3.63, 3.8) is 0 Å². The molecule has 10 nitrogen and oxygen atoms in total. The van der Waals surface area contributed by atoms with Crippen molar-refractivity contribution in [3.05, 3.63) is 34.7 Å². The molecule has 228 valence electrons. The van der Waals surface area contributed by atoms with Crippen molar-refractivity contribution in [2.24, 2.45) is 5.73 Å². The Hall–Kier alpha value is -2.37. The van der Waals surface area contributed by atoms with Crippen molar-refractivity contribution in [2.75, 3.05) is 19.6 Å². The Labute approximate surface area is 227 Å². The van der Waals surface area contributed by atoms with E-state index in [0.29, 0.717) is 0 Å². The molecule has 6 unspecified atom stereocenters. The lowest BCUT2D eigenvalue weighted by Crippen LogP contribution is -2.56. The number of hydrogen-bond donors (Lipinski definition) is 4. The minimum Gasteiger partial charge on any atom is -0.431 e. The molecule has 2 heterocycles. The number of piperazine rings is 1. The van der Waals surface area contributed by atoms with Crippen LogP contribution in [-0.4, -0.2) is 95.3 Å². The molecule has 0 aromatic carbocycles. The van der Waals surface area contributed by atoms with E-state index >= 15 is 0 Å². The van der Waals surface area contributed by atoms with Crippen LogP contribution in [0, 0.1) is 0 Å². The van der Waals surface area contributed by atoms with E-state index in [2.05, 4.69) is 5.32 Å². The van der Waals surface area contributed by atoms with Crippen molar-refractivity contribution < 1.29 is 55.6 Å². The predicted molar refractivity (Wildman–Crippen MR) is 127 cm³/mol. The van der Waals surface area contributed by atoms with E-state index in [4.69, 9.17) is 19.9 Å². The monoisotopic (exact) mass is 588 g/mol. The van der Waals surface area contributed by atoms with Crippen LogP contribution in [-0.2, 0) is 19.0 Å². The Bertz CT molecular complexity index is 1020. The van der Waals surface area contributed by atoms with Gasteiger partial charge < -0.3 is 35.6 Å². The third kappa shape index (κ3) is 8.10. The third-order valence-corrected chi connectivity index (χ3v) is 6.43. The molecule has 3 aliphatic rings. The van der Waals surface area contributed by atoms with Gasteiger partial charge in [-0.3, -0.25) is 9.64 Å². The number of allylic oxidation sites excluding steroid dienone is 3. The average molecular weight is 589 g/mol. The van der Waals surface area contributed by atoms with Gasteiger partial charge in [-0.1, -0.05) is 0 Å². The van der Waals surface area contributed by atoms with E-state index in [0.717, 1.165) is 11.0 Å². The van der Waals surface area contributed by atoms with Gasteiger partial charge in [0, 0.05) is 38.5 Å². The number of nitrogens with zero attached hydrogens (tertiary/aromatic N) is 2. The molecule has 0 spiro atoms. The number of aliphatic hydroxyl groups is 2. The Morgan fingerprint density at radius 2 is 1.88 bits per heavy atom. The lowest BCUT2D eigenvalue weighted by Gasteiger charge is -2.40. The normalized spacial score (nSPS) is 25.4. The van der Waals surface area contributed by atoms with E-state index in [1.54, 1.807) is 13.8 Å². The fourth-order valence-corrected chi connectivity index (χ4v) is 4.57. The van der Waals surface area contributed by atoms with Crippen LogP contribution < -0.4 is 11.1 Å². The van der Waals surface area contributed by atoms with Crippen LogP contribution in [0.2, 0.25) is 0 Å². The first-order chi connectivity index (χ1) is 18.6. The number of fused-ring (bicyclic) bond motifs is 1. The molecule has 0 saturated carbocycles. The van der Waals surface area contributed by atoms with Gasteiger partial charge in [0.2, 0.25) is 6.29 Å². The highest BCUT2D eigenvalue weighted by molar-refractivity contribution is 5.89. The van der Waals surface area contributed by atoms with Gasteiger partial charge in [-0.15, -0.1) is 0 Å². The summed E-state index contributed by atoms with van der Waals surface area (Å²) in [5.74, 6) is -3.16. The number of carbonyl (C=O) groups excluding carboxylic acids is 1. The van der Waals surface area contributed by atoms with Crippen LogP contribution in [0.3, 0.4) is 0 Å². The van der Waals surface area contributed by atoms with Crippen LogP contribution in [0.4, 0.5) is 26.3 Å². The van der Waals surface area contributed by atoms with Gasteiger partial charge >= 0.3 is 12.1 Å². The second-order valence-corrected chi connectivity index (χ2v) is 9.99. The number of aliphatic hydroxyl groups excluding tert-OH is 2. The van der Waals surface area contributed by atoms with Gasteiger partial charge in [0.05, 0.1) is 11.8 Å². The Kier molecular flexibility index (Phi) is 10.5. The molecule has 3 rings (SSSR count). The number of halogens is 6. The van der Waals surface area contributed by atoms with Gasteiger partial charge in [0.25, 0.3) is 6.48 Å². The molecule has 0 amide bonds. The van der Waals surface area contributed by atoms with E-state index in [-0.39, 0.29) is 43.7 Å². The number of esters is 1. The van der Waals surface area contributed by atoms with Crippen molar-refractivity contribution in [1.29, 1.82) is 0 Å². The van der Waals surface area contributed by atoms with Gasteiger partial charge in [-0.2, -0.15) is 13.2 Å². The number of alkyl halides is 4. The SMILES string of the molecule is CC(C)OC(O)OC(C)OC(=O)C1=C2CN(C(O)CC(N)CC3=C(F)CC(F)C(F)=C3)CCN2C(C(F)(F)F)N1. The summed E-state index contributed by atoms with van der Waals surface area (Å²) in [6, 6.07) is -0.894. The molecule has 1 fully saturated rings. The number of nitrogens with two attached hydrogens (primary N) is 1. The fourth-order valence-electron chi connectivity index (χ4n) is 4.57. The molecule has 1 aliphatic carbocycles. The average Bonchev–Trinajstić information content (AvgIpc) is 3.21. The number of nitrogens with one attached hydrogen (secondary N) is 1. The molecular formula is C24H34F6N4O6. The number of ether oxygens (including phenoxy) is 3. The maximum absolute atomic E-state index is 14.1. The lowest BCUT2D eigenvalue weighted by atomic mass is 9.96. The van der Waals surface area contributed by atoms with Gasteiger partial charge in [0.15, 0.2) is 12.3 Å². The first kappa shape index (κ1) is 32.1. The van der Waals surface area contributed by atoms with Crippen molar-refractivity contribution in [3.8, 4) is 0 Å². The first-order valence-electron chi connectivity index (χ1n) is 12.7. The maximum Gasteiger partial charge on any atom is 0.427 e. The zero-order chi connectivity index (χ0) is 29.9. The fraction of sp³-hybridized carbons (Fsp3) is 0.708. The summed E-state index contributed by atoms with van der Waals surface area (Å²) in [5, 5.41) is 22.6. The van der Waals surface area contributed by atoms with Crippen LogP contribution in [0.25, 0.3) is 0 Å². The molecule has 0 radical (unpaired) electrons. The summed E-state index contributed by atoms with van der Waals surface area (Å²) in [6.45, 7) is 2.15. The van der Waals surface area contributed by atoms with E-state index < -0.39 is 79.4 Å². The zero-order valence-electron chi connectivity index (χ0n) is 22.1. The molecule has 0 aromatic rings. The predicted octanol–water partition coefficient (Wildman–Crippen LogP) is 2.16. The molecule has 2 aliphatic heterocycles. The molecule has 40 heavy (non-hydrogen) atoms. The molecular weight excluding hydrogens is 554 g/mol. The molecule has 0 aromatic heterocycles.